The molecule has 1 rings (SSSR count). The van der Waals surface area contributed by atoms with Crippen LogP contribution in [0, 0.1) is 10.1 Å². The van der Waals surface area contributed by atoms with Gasteiger partial charge < -0.3 is 10.8 Å². The maximum Gasteiger partial charge on any atom is 0.270 e. The molecule has 0 aliphatic heterocycles. The molecule has 0 saturated carbocycles. The van der Waals surface area contributed by atoms with Crippen LogP contribution in [0.3, 0.4) is 0 Å². The van der Waals surface area contributed by atoms with E-state index in [0.717, 1.165) is 0 Å². The molecule has 0 aromatic heterocycles. The van der Waals surface area contributed by atoms with Crippen molar-refractivity contribution in [1.29, 1.82) is 0 Å². The lowest BCUT2D eigenvalue weighted by molar-refractivity contribution is -0.385. The molecule has 0 bridgehead atoms. The molecule has 0 unspecified atom stereocenters. The molecule has 0 aliphatic rings. The van der Waals surface area contributed by atoms with E-state index < -0.39 is 11.0 Å². The van der Waals surface area contributed by atoms with E-state index in [4.69, 9.17) is 5.73 Å². The van der Waals surface area contributed by atoms with Crippen molar-refractivity contribution in [2.45, 2.75) is 18.9 Å². The Balaban J connectivity index is 0.00000256. The number of nitro benzene ring substituents is 1. The number of halogens is 1. The van der Waals surface area contributed by atoms with E-state index in [0.29, 0.717) is 18.4 Å². The molecule has 3 N–H and O–H groups in total. The van der Waals surface area contributed by atoms with E-state index in [-0.39, 0.29) is 23.8 Å². The average molecular weight is 259 g/mol. The van der Waals surface area contributed by atoms with Gasteiger partial charge in [0, 0.05) is 23.7 Å². The average Bonchev–Trinajstić information content (AvgIpc) is 2.26. The molecule has 0 fully saturated rings. The highest BCUT2D eigenvalue weighted by Gasteiger charge is 2.15. The molecule has 94 valence electrons. The molecule has 1 aromatic rings. The fraction of sp³-hybridized carbons (Fsp3) is 0.273. The van der Waals surface area contributed by atoms with Crippen LogP contribution in [0.2, 0.25) is 0 Å². The lowest BCUT2D eigenvalue weighted by atomic mass is 10.0. The van der Waals surface area contributed by atoms with Crippen molar-refractivity contribution in [3.63, 3.8) is 0 Å². The summed E-state index contributed by atoms with van der Waals surface area (Å²) in [7, 11) is 0. The van der Waals surface area contributed by atoms with E-state index in [1.54, 1.807) is 6.08 Å². The maximum absolute atomic E-state index is 10.6. The highest BCUT2D eigenvalue weighted by molar-refractivity contribution is 5.85. The molecule has 0 spiro atoms. The number of aromatic hydroxyl groups is 1. The fourth-order valence-electron chi connectivity index (χ4n) is 1.41. The number of nitrogens with zero attached hydrogens (tertiary/aromatic N) is 1. The van der Waals surface area contributed by atoms with Gasteiger partial charge >= 0.3 is 0 Å². The minimum absolute atomic E-state index is 0. The molecule has 1 atom stereocenters. The summed E-state index contributed by atoms with van der Waals surface area (Å²) in [4.78, 5) is 10.1. The Hall–Kier alpha value is -1.59. The minimum Gasteiger partial charge on any atom is -0.508 e. The van der Waals surface area contributed by atoms with Crippen molar-refractivity contribution in [2.24, 2.45) is 5.73 Å². The largest absolute Gasteiger partial charge is 0.508 e. The summed E-state index contributed by atoms with van der Waals surface area (Å²) in [5.74, 6) is -0.0119. The van der Waals surface area contributed by atoms with Crippen LogP contribution in [-0.4, -0.2) is 10.0 Å². The van der Waals surface area contributed by atoms with Crippen molar-refractivity contribution in [3.8, 4) is 5.75 Å². The highest BCUT2D eigenvalue weighted by Crippen LogP contribution is 2.29. The summed E-state index contributed by atoms with van der Waals surface area (Å²) in [5, 5.41) is 20.1. The second-order valence-corrected chi connectivity index (χ2v) is 3.47. The normalized spacial score (nSPS) is 11.4. The standard InChI is InChI=1S/C11H14N2O3.ClH/c1-2-3-4-10(12)9-7-8(13(15)16)5-6-11(9)14;/h2,5-7,10,14H,1,3-4,12H2;1H/t10-;/m1./s1. The number of benzene rings is 1. The number of phenolic OH excluding ortho intramolecular Hbond substituents is 1. The molecule has 0 saturated heterocycles. The SMILES string of the molecule is C=CCC[C@@H](N)c1cc([N+](=O)[O-])ccc1O.Cl. The number of hydrogen-bond donors (Lipinski definition) is 2. The lowest BCUT2D eigenvalue weighted by Crippen LogP contribution is -2.10. The second-order valence-electron chi connectivity index (χ2n) is 3.47. The molecule has 0 radical (unpaired) electrons. The van der Waals surface area contributed by atoms with E-state index >= 15 is 0 Å². The summed E-state index contributed by atoms with van der Waals surface area (Å²) in [6, 6.07) is 3.43. The molecule has 5 nitrogen and oxygen atoms in total. The summed E-state index contributed by atoms with van der Waals surface area (Å²) >= 11 is 0. The number of nitro groups is 1. The topological polar surface area (TPSA) is 89.4 Å². The number of nitrogens with two attached hydrogens (primary N) is 1. The van der Waals surface area contributed by atoms with Crippen molar-refractivity contribution < 1.29 is 10.0 Å². The van der Waals surface area contributed by atoms with Gasteiger partial charge in [-0.25, -0.2) is 0 Å². The van der Waals surface area contributed by atoms with Crippen molar-refractivity contribution in [1.82, 2.24) is 0 Å². The Bertz CT molecular complexity index is 410. The number of non-ortho nitro benzene ring substituents is 1. The third kappa shape index (κ3) is 4.05. The first-order valence-electron chi connectivity index (χ1n) is 4.90. The number of hydrogen-bond acceptors (Lipinski definition) is 4. The molecule has 6 heteroatoms. The Morgan fingerprint density at radius 2 is 2.24 bits per heavy atom. The first kappa shape index (κ1) is 15.4. The van der Waals surface area contributed by atoms with Gasteiger partial charge in [-0.1, -0.05) is 6.08 Å². The fourth-order valence-corrected chi connectivity index (χ4v) is 1.41. The highest BCUT2D eigenvalue weighted by atomic mass is 35.5. The van der Waals surface area contributed by atoms with Gasteiger partial charge in [-0.3, -0.25) is 10.1 Å². The number of allylic oxidation sites excluding steroid dienone is 1. The summed E-state index contributed by atoms with van der Waals surface area (Å²) < 4.78 is 0. The van der Waals surface area contributed by atoms with E-state index in [9.17, 15) is 15.2 Å². The zero-order valence-electron chi connectivity index (χ0n) is 9.20. The Kier molecular flexibility index (Phi) is 6.23. The second kappa shape index (κ2) is 6.88. The van der Waals surface area contributed by atoms with E-state index in [2.05, 4.69) is 6.58 Å². The van der Waals surface area contributed by atoms with Gasteiger partial charge in [-0.15, -0.1) is 19.0 Å². The Morgan fingerprint density at radius 3 is 2.76 bits per heavy atom. The zero-order valence-corrected chi connectivity index (χ0v) is 10.0. The van der Waals surface area contributed by atoms with Crippen LogP contribution >= 0.6 is 12.4 Å². The van der Waals surface area contributed by atoms with Crippen LogP contribution in [0.15, 0.2) is 30.9 Å². The third-order valence-corrected chi connectivity index (χ3v) is 2.30. The smallest absolute Gasteiger partial charge is 0.270 e. The first-order valence-corrected chi connectivity index (χ1v) is 4.90. The predicted octanol–water partition coefficient (Wildman–Crippen LogP) is 2.69. The summed E-state index contributed by atoms with van der Waals surface area (Å²) in [6.07, 6.45) is 3.01. The Labute approximate surface area is 106 Å². The monoisotopic (exact) mass is 258 g/mol. The van der Waals surface area contributed by atoms with Crippen molar-refractivity contribution in [2.75, 3.05) is 0 Å². The van der Waals surface area contributed by atoms with Gasteiger partial charge in [0.25, 0.3) is 5.69 Å². The molecule has 0 heterocycles. The molecule has 0 aliphatic carbocycles. The van der Waals surface area contributed by atoms with Crippen LogP contribution in [-0.2, 0) is 0 Å². The van der Waals surface area contributed by atoms with Gasteiger partial charge in [-0.2, -0.15) is 0 Å². The van der Waals surface area contributed by atoms with Crippen LogP contribution in [0.25, 0.3) is 0 Å². The van der Waals surface area contributed by atoms with Crippen LogP contribution < -0.4 is 5.73 Å². The van der Waals surface area contributed by atoms with Crippen LogP contribution in [0.1, 0.15) is 24.4 Å². The quantitative estimate of drug-likeness (QED) is 0.483. The maximum atomic E-state index is 10.6. The lowest BCUT2D eigenvalue weighted by Gasteiger charge is -2.12. The number of rotatable bonds is 5. The van der Waals surface area contributed by atoms with E-state index in [1.807, 2.05) is 0 Å². The van der Waals surface area contributed by atoms with Gasteiger partial charge in [0.05, 0.1) is 4.92 Å². The first-order chi connectivity index (χ1) is 7.56. The molecule has 17 heavy (non-hydrogen) atoms. The van der Waals surface area contributed by atoms with Gasteiger partial charge in [0.1, 0.15) is 5.75 Å². The van der Waals surface area contributed by atoms with Crippen LogP contribution in [0.4, 0.5) is 5.69 Å². The van der Waals surface area contributed by atoms with Gasteiger partial charge in [-0.05, 0) is 18.9 Å². The van der Waals surface area contributed by atoms with Crippen LogP contribution in [0.5, 0.6) is 5.75 Å². The molecular formula is C11H15ClN2O3. The van der Waals surface area contributed by atoms with Gasteiger partial charge in [0.15, 0.2) is 0 Å². The van der Waals surface area contributed by atoms with E-state index in [1.165, 1.54) is 18.2 Å². The zero-order chi connectivity index (χ0) is 12.1. The van der Waals surface area contributed by atoms with Crippen molar-refractivity contribution in [3.05, 3.63) is 46.5 Å². The molecular weight excluding hydrogens is 244 g/mol. The number of phenols is 1. The predicted molar refractivity (Wildman–Crippen MR) is 68.4 cm³/mol. The minimum atomic E-state index is -0.511. The third-order valence-electron chi connectivity index (χ3n) is 2.30. The van der Waals surface area contributed by atoms with Crippen molar-refractivity contribution >= 4 is 18.1 Å². The molecule has 1 aromatic carbocycles. The Morgan fingerprint density at radius 1 is 1.59 bits per heavy atom. The summed E-state index contributed by atoms with van der Waals surface area (Å²) in [5.41, 5.74) is 6.15. The van der Waals surface area contributed by atoms with Gasteiger partial charge in [0.2, 0.25) is 0 Å². The summed E-state index contributed by atoms with van der Waals surface area (Å²) in [6.45, 7) is 3.57. The molecule has 0 amide bonds.